The number of hydrogen-bond donors (Lipinski definition) is 0. The molecule has 4 nitrogen and oxygen atoms in total. The van der Waals surface area contributed by atoms with Gasteiger partial charge in [0.15, 0.2) is 0 Å². The average molecular weight is 289 g/mol. The third-order valence-corrected chi connectivity index (χ3v) is 4.74. The van der Waals surface area contributed by atoms with Crippen molar-refractivity contribution in [2.24, 2.45) is 0 Å². The first-order valence-corrected chi connectivity index (χ1v) is 7.93. The largest absolute Gasteiger partial charge is 0.338 e. The molecule has 3 rings (SSSR count). The molecule has 0 aromatic carbocycles. The topological polar surface area (TPSA) is 38.1 Å². The number of likely N-dealkylation sites (tertiary alicyclic amines) is 1. The number of thiophene rings is 1. The SMILES string of the molecule is Cc1cnc(C)n1C1CCN(C(=O)c2ccsc2)CC1. The van der Waals surface area contributed by atoms with Gasteiger partial charge in [0.2, 0.25) is 0 Å². The van der Waals surface area contributed by atoms with E-state index in [1.807, 2.05) is 27.9 Å². The maximum Gasteiger partial charge on any atom is 0.254 e. The third-order valence-electron chi connectivity index (χ3n) is 4.05. The molecule has 20 heavy (non-hydrogen) atoms. The molecule has 3 heterocycles. The Bertz CT molecular complexity index is 575. The zero-order valence-corrected chi connectivity index (χ0v) is 12.7. The lowest BCUT2D eigenvalue weighted by molar-refractivity contribution is 0.0694. The fraction of sp³-hybridized carbons (Fsp3) is 0.467. The maximum atomic E-state index is 12.3. The lowest BCUT2D eigenvalue weighted by Gasteiger charge is -2.33. The van der Waals surface area contributed by atoms with Crippen LogP contribution in [0.4, 0.5) is 0 Å². The highest BCUT2D eigenvalue weighted by atomic mass is 32.1. The van der Waals surface area contributed by atoms with Gasteiger partial charge in [0.05, 0.1) is 5.56 Å². The first-order chi connectivity index (χ1) is 9.66. The molecule has 2 aromatic heterocycles. The maximum absolute atomic E-state index is 12.3. The Morgan fingerprint density at radius 3 is 2.65 bits per heavy atom. The molecular formula is C15H19N3OS. The van der Waals surface area contributed by atoms with Gasteiger partial charge >= 0.3 is 0 Å². The summed E-state index contributed by atoms with van der Waals surface area (Å²) in [4.78, 5) is 18.6. The van der Waals surface area contributed by atoms with Crippen LogP contribution in [0, 0.1) is 13.8 Å². The number of imidazole rings is 1. The normalized spacial score (nSPS) is 16.6. The Kier molecular flexibility index (Phi) is 3.61. The minimum Gasteiger partial charge on any atom is -0.338 e. The van der Waals surface area contributed by atoms with E-state index in [4.69, 9.17) is 0 Å². The summed E-state index contributed by atoms with van der Waals surface area (Å²) in [7, 11) is 0. The quantitative estimate of drug-likeness (QED) is 0.852. The van der Waals surface area contributed by atoms with Gasteiger partial charge in [0.25, 0.3) is 5.91 Å². The number of carbonyl (C=O) groups excluding carboxylic acids is 1. The number of amides is 1. The summed E-state index contributed by atoms with van der Waals surface area (Å²) in [6.45, 7) is 5.81. The van der Waals surface area contributed by atoms with Crippen LogP contribution in [0.5, 0.6) is 0 Å². The summed E-state index contributed by atoms with van der Waals surface area (Å²) in [5.74, 6) is 1.24. The highest BCUT2D eigenvalue weighted by Gasteiger charge is 2.26. The van der Waals surface area contributed by atoms with E-state index in [2.05, 4.69) is 23.4 Å². The minimum absolute atomic E-state index is 0.170. The van der Waals surface area contributed by atoms with Gasteiger partial charge in [-0.25, -0.2) is 4.98 Å². The van der Waals surface area contributed by atoms with Crippen molar-refractivity contribution in [1.29, 1.82) is 0 Å². The smallest absolute Gasteiger partial charge is 0.254 e. The molecule has 1 fully saturated rings. The van der Waals surface area contributed by atoms with Crippen LogP contribution in [-0.2, 0) is 0 Å². The van der Waals surface area contributed by atoms with Crippen molar-refractivity contribution in [3.8, 4) is 0 Å². The van der Waals surface area contributed by atoms with Gasteiger partial charge in [-0.05, 0) is 38.1 Å². The molecular weight excluding hydrogens is 270 g/mol. The Balaban J connectivity index is 1.67. The zero-order valence-electron chi connectivity index (χ0n) is 11.9. The second kappa shape index (κ2) is 5.40. The van der Waals surface area contributed by atoms with Gasteiger partial charge in [-0.15, -0.1) is 0 Å². The molecule has 0 unspecified atom stereocenters. The number of aryl methyl sites for hydroxylation is 2. The standard InChI is InChI=1S/C15H19N3OS/c1-11-9-16-12(2)18(11)14-3-6-17(7-4-14)15(19)13-5-8-20-10-13/h5,8-10,14H,3-4,6-7H2,1-2H3. The van der Waals surface area contributed by atoms with E-state index in [1.54, 1.807) is 11.3 Å². The molecule has 0 aliphatic carbocycles. The van der Waals surface area contributed by atoms with Crippen LogP contribution in [0.3, 0.4) is 0 Å². The molecule has 0 saturated carbocycles. The van der Waals surface area contributed by atoms with Crippen molar-refractivity contribution in [2.75, 3.05) is 13.1 Å². The number of piperidine rings is 1. The third kappa shape index (κ3) is 2.38. The predicted octanol–water partition coefficient (Wildman–Crippen LogP) is 3.04. The molecule has 0 radical (unpaired) electrons. The molecule has 2 aromatic rings. The van der Waals surface area contributed by atoms with Crippen molar-refractivity contribution in [3.05, 3.63) is 40.1 Å². The summed E-state index contributed by atoms with van der Waals surface area (Å²) >= 11 is 1.57. The molecule has 0 N–H and O–H groups in total. The molecule has 1 saturated heterocycles. The van der Waals surface area contributed by atoms with Crippen molar-refractivity contribution in [2.45, 2.75) is 32.7 Å². The number of aromatic nitrogens is 2. The van der Waals surface area contributed by atoms with E-state index in [0.29, 0.717) is 6.04 Å². The molecule has 0 spiro atoms. The summed E-state index contributed by atoms with van der Waals surface area (Å²) in [6.07, 6.45) is 3.94. The van der Waals surface area contributed by atoms with Gasteiger partial charge in [-0.1, -0.05) is 0 Å². The van der Waals surface area contributed by atoms with Crippen LogP contribution in [0.25, 0.3) is 0 Å². The second-order valence-electron chi connectivity index (χ2n) is 5.35. The number of rotatable bonds is 2. The molecule has 0 atom stereocenters. The van der Waals surface area contributed by atoms with Crippen molar-refractivity contribution in [1.82, 2.24) is 14.5 Å². The number of carbonyl (C=O) groups is 1. The Morgan fingerprint density at radius 2 is 2.10 bits per heavy atom. The van der Waals surface area contributed by atoms with Crippen molar-refractivity contribution >= 4 is 17.2 Å². The predicted molar refractivity (Wildman–Crippen MR) is 80.2 cm³/mol. The lowest BCUT2D eigenvalue weighted by Crippen LogP contribution is -2.39. The summed E-state index contributed by atoms with van der Waals surface area (Å²) in [5.41, 5.74) is 2.04. The minimum atomic E-state index is 0.170. The van der Waals surface area contributed by atoms with E-state index in [1.165, 1.54) is 5.69 Å². The van der Waals surface area contributed by atoms with Gasteiger partial charge < -0.3 is 9.47 Å². The summed E-state index contributed by atoms with van der Waals surface area (Å²) in [5, 5.41) is 3.89. The van der Waals surface area contributed by atoms with Crippen molar-refractivity contribution < 1.29 is 4.79 Å². The van der Waals surface area contributed by atoms with Crippen LogP contribution in [0.15, 0.2) is 23.0 Å². The van der Waals surface area contributed by atoms with Crippen LogP contribution in [0.1, 0.15) is 40.8 Å². The zero-order chi connectivity index (χ0) is 14.1. The first kappa shape index (κ1) is 13.4. The second-order valence-corrected chi connectivity index (χ2v) is 6.13. The Hall–Kier alpha value is -1.62. The van der Waals surface area contributed by atoms with E-state index < -0.39 is 0 Å². The highest BCUT2D eigenvalue weighted by molar-refractivity contribution is 7.08. The lowest BCUT2D eigenvalue weighted by atomic mass is 10.0. The summed E-state index contributed by atoms with van der Waals surface area (Å²) < 4.78 is 2.31. The van der Waals surface area contributed by atoms with Gasteiger partial charge in [0, 0.05) is 36.4 Å². The van der Waals surface area contributed by atoms with Gasteiger partial charge in [-0.2, -0.15) is 11.3 Å². The van der Waals surface area contributed by atoms with E-state index in [0.717, 1.165) is 37.3 Å². The van der Waals surface area contributed by atoms with Crippen LogP contribution in [-0.4, -0.2) is 33.4 Å². The Labute approximate surface area is 123 Å². The fourth-order valence-corrected chi connectivity index (χ4v) is 3.64. The van der Waals surface area contributed by atoms with Crippen LogP contribution >= 0.6 is 11.3 Å². The molecule has 0 bridgehead atoms. The fourth-order valence-electron chi connectivity index (χ4n) is 3.01. The van der Waals surface area contributed by atoms with E-state index >= 15 is 0 Å². The number of hydrogen-bond acceptors (Lipinski definition) is 3. The molecule has 106 valence electrons. The summed E-state index contributed by atoms with van der Waals surface area (Å²) in [6, 6.07) is 2.38. The van der Waals surface area contributed by atoms with Crippen LogP contribution < -0.4 is 0 Å². The van der Waals surface area contributed by atoms with E-state index in [9.17, 15) is 4.79 Å². The van der Waals surface area contributed by atoms with Gasteiger partial charge in [-0.3, -0.25) is 4.79 Å². The Morgan fingerprint density at radius 1 is 1.35 bits per heavy atom. The number of nitrogens with zero attached hydrogens (tertiary/aromatic N) is 3. The van der Waals surface area contributed by atoms with E-state index in [-0.39, 0.29) is 5.91 Å². The molecule has 1 amide bonds. The molecule has 1 aliphatic rings. The molecule has 5 heteroatoms. The molecule has 1 aliphatic heterocycles. The van der Waals surface area contributed by atoms with Gasteiger partial charge in [0.1, 0.15) is 5.82 Å². The van der Waals surface area contributed by atoms with Crippen molar-refractivity contribution in [3.63, 3.8) is 0 Å². The highest BCUT2D eigenvalue weighted by Crippen LogP contribution is 2.26. The van der Waals surface area contributed by atoms with Crippen LogP contribution in [0.2, 0.25) is 0 Å². The average Bonchev–Trinajstić information content (AvgIpc) is 3.09. The monoisotopic (exact) mass is 289 g/mol. The first-order valence-electron chi connectivity index (χ1n) is 6.98.